The number of methoxy groups -OCH3 is 2. The normalized spacial score (nSPS) is 10.2. The zero-order valence-electron chi connectivity index (χ0n) is 15.8. The fraction of sp³-hybridized carbons (Fsp3) is 0.190. The maximum absolute atomic E-state index is 12.2. The Hall–Kier alpha value is -3.61. The standard InChI is InChI=1S/C21H22N4O3/c1-27-16-7-5-6-15(12-16)10-11-22-21(26)18-13-24-20(14-23-18)25-17-8-3-4-9-19(17)28-2/h3-9,12-14H,10-11H2,1-2H3,(H,22,26)(H,24,25). The number of rotatable bonds is 8. The SMILES string of the molecule is COc1cccc(CCNC(=O)c2cnc(Nc3ccccc3OC)cn2)c1. The van der Waals surface area contributed by atoms with Crippen LogP contribution >= 0.6 is 0 Å². The smallest absolute Gasteiger partial charge is 0.271 e. The maximum Gasteiger partial charge on any atom is 0.271 e. The van der Waals surface area contributed by atoms with Gasteiger partial charge in [-0.15, -0.1) is 0 Å². The number of benzene rings is 2. The third kappa shape index (κ3) is 4.97. The second-order valence-electron chi connectivity index (χ2n) is 5.97. The van der Waals surface area contributed by atoms with Crippen molar-refractivity contribution in [2.24, 2.45) is 0 Å². The van der Waals surface area contributed by atoms with E-state index in [0.29, 0.717) is 24.5 Å². The molecule has 0 atom stereocenters. The molecule has 0 fully saturated rings. The fourth-order valence-corrected chi connectivity index (χ4v) is 2.63. The molecule has 0 aliphatic carbocycles. The first-order valence-corrected chi connectivity index (χ1v) is 8.83. The number of aromatic nitrogens is 2. The van der Waals surface area contributed by atoms with Gasteiger partial charge in [0.25, 0.3) is 5.91 Å². The van der Waals surface area contributed by atoms with E-state index in [9.17, 15) is 4.79 Å². The van der Waals surface area contributed by atoms with E-state index in [0.717, 1.165) is 17.0 Å². The maximum atomic E-state index is 12.2. The molecule has 0 saturated heterocycles. The third-order valence-electron chi connectivity index (χ3n) is 4.09. The number of hydrogen-bond acceptors (Lipinski definition) is 6. The molecule has 2 aromatic carbocycles. The van der Waals surface area contributed by atoms with Crippen LogP contribution in [0.5, 0.6) is 11.5 Å². The molecule has 0 radical (unpaired) electrons. The molecular weight excluding hydrogens is 356 g/mol. The van der Waals surface area contributed by atoms with Crippen molar-refractivity contribution in [3.63, 3.8) is 0 Å². The van der Waals surface area contributed by atoms with Crippen LogP contribution in [0.1, 0.15) is 16.1 Å². The summed E-state index contributed by atoms with van der Waals surface area (Å²) in [5.74, 6) is 1.76. The van der Waals surface area contributed by atoms with Gasteiger partial charge in [0.2, 0.25) is 0 Å². The fourth-order valence-electron chi connectivity index (χ4n) is 2.63. The Morgan fingerprint density at radius 2 is 1.86 bits per heavy atom. The third-order valence-corrected chi connectivity index (χ3v) is 4.09. The molecule has 1 amide bonds. The molecule has 0 bridgehead atoms. The second-order valence-corrected chi connectivity index (χ2v) is 5.97. The highest BCUT2D eigenvalue weighted by Crippen LogP contribution is 2.25. The van der Waals surface area contributed by atoms with Gasteiger partial charge in [-0.1, -0.05) is 24.3 Å². The topological polar surface area (TPSA) is 85.4 Å². The molecule has 3 aromatic rings. The number of nitrogens with one attached hydrogen (secondary N) is 2. The van der Waals surface area contributed by atoms with Crippen LogP contribution in [0.3, 0.4) is 0 Å². The largest absolute Gasteiger partial charge is 0.497 e. The minimum atomic E-state index is -0.265. The van der Waals surface area contributed by atoms with E-state index < -0.39 is 0 Å². The van der Waals surface area contributed by atoms with E-state index in [1.807, 2.05) is 48.5 Å². The summed E-state index contributed by atoms with van der Waals surface area (Å²) in [6.45, 7) is 0.495. The Kier molecular flexibility index (Phi) is 6.41. The van der Waals surface area contributed by atoms with Crippen LogP contribution < -0.4 is 20.1 Å². The van der Waals surface area contributed by atoms with Crippen LogP contribution in [0.4, 0.5) is 11.5 Å². The summed E-state index contributed by atoms with van der Waals surface area (Å²) in [7, 11) is 3.23. The first kappa shape index (κ1) is 19.2. The van der Waals surface area contributed by atoms with Gasteiger partial charge in [-0.2, -0.15) is 0 Å². The van der Waals surface area contributed by atoms with Gasteiger partial charge in [-0.3, -0.25) is 4.79 Å². The Morgan fingerprint density at radius 3 is 2.61 bits per heavy atom. The van der Waals surface area contributed by atoms with Gasteiger partial charge in [-0.25, -0.2) is 9.97 Å². The number of carbonyl (C=O) groups excluding carboxylic acids is 1. The molecule has 0 aliphatic rings. The average molecular weight is 378 g/mol. The molecule has 0 spiro atoms. The summed E-state index contributed by atoms with van der Waals surface area (Å²) in [6, 6.07) is 15.3. The zero-order valence-corrected chi connectivity index (χ0v) is 15.8. The van der Waals surface area contributed by atoms with Gasteiger partial charge in [0.15, 0.2) is 0 Å². The van der Waals surface area contributed by atoms with Crippen LogP contribution in [0.15, 0.2) is 60.9 Å². The first-order chi connectivity index (χ1) is 13.7. The van der Waals surface area contributed by atoms with E-state index in [4.69, 9.17) is 9.47 Å². The van der Waals surface area contributed by atoms with Crippen molar-refractivity contribution in [1.82, 2.24) is 15.3 Å². The van der Waals surface area contributed by atoms with Crippen molar-refractivity contribution in [1.29, 1.82) is 0 Å². The number of hydrogen-bond donors (Lipinski definition) is 2. The van der Waals surface area contributed by atoms with Gasteiger partial charge in [0.1, 0.15) is 23.0 Å². The molecule has 7 heteroatoms. The summed E-state index contributed by atoms with van der Waals surface area (Å²) in [6.07, 6.45) is 3.66. The minimum absolute atomic E-state index is 0.260. The molecule has 1 aromatic heterocycles. The lowest BCUT2D eigenvalue weighted by Gasteiger charge is -2.10. The lowest BCUT2D eigenvalue weighted by Crippen LogP contribution is -2.26. The number of nitrogens with zero attached hydrogens (tertiary/aromatic N) is 2. The van der Waals surface area contributed by atoms with Crippen LogP contribution in [-0.4, -0.2) is 36.6 Å². The van der Waals surface area contributed by atoms with Gasteiger partial charge in [-0.05, 0) is 36.2 Å². The van der Waals surface area contributed by atoms with E-state index >= 15 is 0 Å². The summed E-state index contributed by atoms with van der Waals surface area (Å²) >= 11 is 0. The molecule has 0 saturated carbocycles. The van der Waals surface area contributed by atoms with E-state index in [1.165, 1.54) is 12.4 Å². The van der Waals surface area contributed by atoms with Crippen molar-refractivity contribution in [2.75, 3.05) is 26.1 Å². The predicted molar refractivity (Wildman–Crippen MR) is 107 cm³/mol. The van der Waals surface area contributed by atoms with Crippen LogP contribution in [-0.2, 0) is 6.42 Å². The molecule has 144 valence electrons. The average Bonchev–Trinajstić information content (AvgIpc) is 2.74. The van der Waals surface area contributed by atoms with Crippen LogP contribution in [0, 0.1) is 0 Å². The van der Waals surface area contributed by atoms with Crippen molar-refractivity contribution >= 4 is 17.4 Å². The number of anilines is 2. The Morgan fingerprint density at radius 1 is 1.00 bits per heavy atom. The van der Waals surface area contributed by atoms with E-state index in [1.54, 1.807) is 14.2 Å². The number of ether oxygens (including phenoxy) is 2. The van der Waals surface area contributed by atoms with Gasteiger partial charge >= 0.3 is 0 Å². The molecule has 2 N–H and O–H groups in total. The summed E-state index contributed by atoms with van der Waals surface area (Å²) in [5.41, 5.74) is 2.12. The van der Waals surface area contributed by atoms with E-state index in [-0.39, 0.29) is 11.6 Å². The summed E-state index contributed by atoms with van der Waals surface area (Å²) in [4.78, 5) is 20.7. The van der Waals surface area contributed by atoms with E-state index in [2.05, 4.69) is 20.6 Å². The van der Waals surface area contributed by atoms with Crippen molar-refractivity contribution in [3.05, 3.63) is 72.2 Å². The van der Waals surface area contributed by atoms with Gasteiger partial charge in [0.05, 0.1) is 32.3 Å². The van der Waals surface area contributed by atoms with Gasteiger partial charge < -0.3 is 20.1 Å². The van der Waals surface area contributed by atoms with Gasteiger partial charge in [0, 0.05) is 6.54 Å². The minimum Gasteiger partial charge on any atom is -0.497 e. The highest BCUT2D eigenvalue weighted by molar-refractivity contribution is 5.92. The summed E-state index contributed by atoms with van der Waals surface area (Å²) in [5, 5.41) is 5.97. The number of amides is 1. The van der Waals surface area contributed by atoms with Crippen molar-refractivity contribution < 1.29 is 14.3 Å². The lowest BCUT2D eigenvalue weighted by molar-refractivity contribution is 0.0949. The highest BCUT2D eigenvalue weighted by atomic mass is 16.5. The second kappa shape index (κ2) is 9.36. The molecular formula is C21H22N4O3. The Labute approximate surface area is 163 Å². The molecule has 0 aliphatic heterocycles. The van der Waals surface area contributed by atoms with Crippen LogP contribution in [0.2, 0.25) is 0 Å². The predicted octanol–water partition coefficient (Wildman–Crippen LogP) is 3.21. The van der Waals surface area contributed by atoms with Crippen molar-refractivity contribution in [2.45, 2.75) is 6.42 Å². The monoisotopic (exact) mass is 378 g/mol. The lowest BCUT2D eigenvalue weighted by atomic mass is 10.1. The number of carbonyl (C=O) groups is 1. The number of para-hydroxylation sites is 2. The zero-order chi connectivity index (χ0) is 19.8. The van der Waals surface area contributed by atoms with Crippen LogP contribution in [0.25, 0.3) is 0 Å². The molecule has 3 rings (SSSR count). The molecule has 1 heterocycles. The first-order valence-electron chi connectivity index (χ1n) is 8.83. The quantitative estimate of drug-likeness (QED) is 0.626. The molecule has 7 nitrogen and oxygen atoms in total. The summed E-state index contributed by atoms with van der Waals surface area (Å²) < 4.78 is 10.5. The molecule has 0 unspecified atom stereocenters. The van der Waals surface area contributed by atoms with Crippen molar-refractivity contribution in [3.8, 4) is 11.5 Å². The Bertz CT molecular complexity index is 929. The molecule has 28 heavy (non-hydrogen) atoms. The Balaban J connectivity index is 1.54. The highest BCUT2D eigenvalue weighted by Gasteiger charge is 2.09.